The maximum absolute atomic E-state index is 10.6. The van der Waals surface area contributed by atoms with E-state index >= 15 is 0 Å². The molecule has 2 rings (SSSR count). The lowest BCUT2D eigenvalue weighted by Gasteiger charge is -2.14. The number of halogens is 1. The quantitative estimate of drug-likeness (QED) is 0.428. The number of rotatable bonds is 5. The van der Waals surface area contributed by atoms with Crippen LogP contribution in [0.1, 0.15) is 29.5 Å². The lowest BCUT2D eigenvalue weighted by atomic mass is 10.0. The molecule has 1 aromatic carbocycles. The molecule has 0 aromatic heterocycles. The summed E-state index contributed by atoms with van der Waals surface area (Å²) < 4.78 is 12.3. The monoisotopic (exact) mass is 392 g/mol. The predicted octanol–water partition coefficient (Wildman–Crippen LogP) is 4.17. The molecule has 1 heterocycles. The Labute approximate surface area is 131 Å². The van der Waals surface area contributed by atoms with Gasteiger partial charge in [0, 0.05) is 5.56 Å². The number of alkyl halides is 1. The second-order valence-electron chi connectivity index (χ2n) is 4.57. The fourth-order valence-corrected chi connectivity index (χ4v) is 3.93. The molecule has 19 heavy (non-hydrogen) atoms. The van der Waals surface area contributed by atoms with E-state index in [1.54, 1.807) is 11.8 Å². The zero-order valence-electron chi connectivity index (χ0n) is 11.3. The standard InChI is InChI=1S/C14H17IO3S/c1-8-9(2)13-14(10(3)12(8)17-7-16)19-11(18-13)5-4-6-15/h7,11H,4-6H2,1-3H3. The predicted molar refractivity (Wildman–Crippen MR) is 85.7 cm³/mol. The van der Waals surface area contributed by atoms with Crippen molar-refractivity contribution in [2.24, 2.45) is 0 Å². The molecular formula is C14H17IO3S. The number of carbonyl (C=O) groups is 1. The Balaban J connectivity index is 2.36. The van der Waals surface area contributed by atoms with Crippen molar-refractivity contribution in [3.05, 3.63) is 16.7 Å². The third-order valence-corrected chi connectivity index (χ3v) is 5.45. The molecule has 0 aliphatic carbocycles. The van der Waals surface area contributed by atoms with E-state index in [9.17, 15) is 4.79 Å². The van der Waals surface area contributed by atoms with Crippen molar-refractivity contribution in [3.63, 3.8) is 0 Å². The second-order valence-corrected chi connectivity index (χ2v) is 6.82. The fraction of sp³-hybridized carbons (Fsp3) is 0.500. The van der Waals surface area contributed by atoms with Gasteiger partial charge < -0.3 is 9.47 Å². The number of benzene rings is 1. The highest BCUT2D eigenvalue weighted by Gasteiger charge is 2.30. The van der Waals surface area contributed by atoms with E-state index in [4.69, 9.17) is 9.47 Å². The maximum atomic E-state index is 10.6. The average Bonchev–Trinajstić information content (AvgIpc) is 2.83. The molecule has 1 unspecified atom stereocenters. The molecule has 1 aliphatic rings. The van der Waals surface area contributed by atoms with Crippen molar-refractivity contribution < 1.29 is 14.3 Å². The van der Waals surface area contributed by atoms with Crippen LogP contribution in [0.15, 0.2) is 4.90 Å². The van der Waals surface area contributed by atoms with E-state index in [0.29, 0.717) is 12.2 Å². The summed E-state index contributed by atoms with van der Waals surface area (Å²) in [6, 6.07) is 0. The van der Waals surface area contributed by atoms with Crippen LogP contribution < -0.4 is 9.47 Å². The number of thioether (sulfide) groups is 1. The number of carbonyl (C=O) groups excluding carboxylic acids is 1. The van der Waals surface area contributed by atoms with Crippen LogP contribution in [0.3, 0.4) is 0 Å². The van der Waals surface area contributed by atoms with E-state index in [-0.39, 0.29) is 5.44 Å². The topological polar surface area (TPSA) is 35.5 Å². The first kappa shape index (κ1) is 15.0. The SMILES string of the molecule is Cc1c(C)c2c(c(C)c1OC=O)SC(CCCI)O2. The molecule has 104 valence electrons. The summed E-state index contributed by atoms with van der Waals surface area (Å²) in [7, 11) is 0. The molecule has 1 atom stereocenters. The Hall–Kier alpha value is -0.430. The average molecular weight is 392 g/mol. The number of ether oxygens (including phenoxy) is 2. The minimum Gasteiger partial charge on any atom is -0.478 e. The van der Waals surface area contributed by atoms with E-state index in [1.807, 2.05) is 20.8 Å². The summed E-state index contributed by atoms with van der Waals surface area (Å²) in [4.78, 5) is 11.8. The minimum absolute atomic E-state index is 0.188. The Morgan fingerprint density at radius 1 is 1.32 bits per heavy atom. The highest BCUT2D eigenvalue weighted by atomic mass is 127. The largest absolute Gasteiger partial charge is 0.478 e. The van der Waals surface area contributed by atoms with Crippen LogP contribution in [0.5, 0.6) is 11.5 Å². The van der Waals surface area contributed by atoms with Crippen molar-refractivity contribution in [3.8, 4) is 11.5 Å². The lowest BCUT2D eigenvalue weighted by molar-refractivity contribution is -0.120. The first-order valence-electron chi connectivity index (χ1n) is 6.23. The van der Waals surface area contributed by atoms with Crippen LogP contribution in [-0.2, 0) is 4.79 Å². The summed E-state index contributed by atoms with van der Waals surface area (Å²) in [5.74, 6) is 1.65. The van der Waals surface area contributed by atoms with Crippen molar-refractivity contribution in [2.75, 3.05) is 4.43 Å². The van der Waals surface area contributed by atoms with E-state index in [1.165, 1.54) is 0 Å². The van der Waals surface area contributed by atoms with Gasteiger partial charge in [0.25, 0.3) is 6.47 Å². The van der Waals surface area contributed by atoms with Crippen LogP contribution in [0, 0.1) is 20.8 Å². The molecule has 0 N–H and O–H groups in total. The molecule has 0 amide bonds. The molecule has 1 aliphatic heterocycles. The summed E-state index contributed by atoms with van der Waals surface area (Å²) >= 11 is 4.13. The minimum atomic E-state index is 0.188. The van der Waals surface area contributed by atoms with Gasteiger partial charge in [0.1, 0.15) is 16.9 Å². The Kier molecular flexibility index (Phi) is 5.00. The first-order chi connectivity index (χ1) is 9.10. The van der Waals surface area contributed by atoms with Crippen LogP contribution in [0.4, 0.5) is 0 Å². The molecule has 0 saturated carbocycles. The van der Waals surface area contributed by atoms with Crippen LogP contribution in [0.2, 0.25) is 0 Å². The Morgan fingerprint density at radius 2 is 2.05 bits per heavy atom. The van der Waals surface area contributed by atoms with E-state index in [0.717, 1.165) is 44.6 Å². The van der Waals surface area contributed by atoms with Gasteiger partial charge in [0.2, 0.25) is 0 Å². The third kappa shape index (κ3) is 2.86. The van der Waals surface area contributed by atoms with Crippen LogP contribution in [0.25, 0.3) is 0 Å². The van der Waals surface area contributed by atoms with Crippen molar-refractivity contribution in [1.29, 1.82) is 0 Å². The zero-order valence-corrected chi connectivity index (χ0v) is 14.3. The van der Waals surface area contributed by atoms with Gasteiger partial charge in [-0.3, -0.25) is 4.79 Å². The van der Waals surface area contributed by atoms with Crippen LogP contribution in [-0.4, -0.2) is 16.3 Å². The van der Waals surface area contributed by atoms with Gasteiger partial charge in [-0.2, -0.15) is 0 Å². The molecule has 0 fully saturated rings. The summed E-state index contributed by atoms with van der Waals surface area (Å²) in [5, 5.41) is 0. The Bertz CT molecular complexity index is 502. The van der Waals surface area contributed by atoms with Gasteiger partial charge in [-0.1, -0.05) is 34.4 Å². The van der Waals surface area contributed by atoms with Gasteiger partial charge in [-0.05, 0) is 49.2 Å². The van der Waals surface area contributed by atoms with Crippen molar-refractivity contribution in [1.82, 2.24) is 0 Å². The first-order valence-corrected chi connectivity index (χ1v) is 8.64. The molecule has 1 aromatic rings. The van der Waals surface area contributed by atoms with Gasteiger partial charge >= 0.3 is 0 Å². The molecular weight excluding hydrogens is 375 g/mol. The molecule has 0 saturated heterocycles. The zero-order chi connectivity index (χ0) is 14.0. The summed E-state index contributed by atoms with van der Waals surface area (Å²) in [6.07, 6.45) is 2.20. The fourth-order valence-electron chi connectivity index (χ4n) is 2.22. The highest BCUT2D eigenvalue weighted by molar-refractivity contribution is 14.1. The van der Waals surface area contributed by atoms with Gasteiger partial charge in [0.05, 0.1) is 4.90 Å². The van der Waals surface area contributed by atoms with E-state index < -0.39 is 0 Å². The molecule has 0 bridgehead atoms. The lowest BCUT2D eigenvalue weighted by Crippen LogP contribution is -2.07. The smallest absolute Gasteiger partial charge is 0.298 e. The van der Waals surface area contributed by atoms with E-state index in [2.05, 4.69) is 22.6 Å². The van der Waals surface area contributed by atoms with Crippen molar-refractivity contribution >= 4 is 40.8 Å². The maximum Gasteiger partial charge on any atom is 0.298 e. The number of hydrogen-bond donors (Lipinski definition) is 0. The third-order valence-electron chi connectivity index (χ3n) is 3.37. The van der Waals surface area contributed by atoms with Gasteiger partial charge in [0.15, 0.2) is 0 Å². The highest BCUT2D eigenvalue weighted by Crippen LogP contribution is 2.50. The molecule has 5 heteroatoms. The molecule has 3 nitrogen and oxygen atoms in total. The second kappa shape index (κ2) is 6.35. The summed E-state index contributed by atoms with van der Waals surface area (Å²) in [5.41, 5.74) is 3.25. The van der Waals surface area contributed by atoms with Gasteiger partial charge in [-0.25, -0.2) is 0 Å². The molecule has 0 radical (unpaired) electrons. The van der Waals surface area contributed by atoms with Gasteiger partial charge in [-0.15, -0.1) is 0 Å². The Morgan fingerprint density at radius 3 is 2.68 bits per heavy atom. The summed E-state index contributed by atoms with van der Waals surface area (Å²) in [6.45, 7) is 6.47. The number of hydrogen-bond acceptors (Lipinski definition) is 4. The van der Waals surface area contributed by atoms with Crippen molar-refractivity contribution in [2.45, 2.75) is 43.9 Å². The van der Waals surface area contributed by atoms with Crippen LogP contribution >= 0.6 is 34.4 Å². The number of fused-ring (bicyclic) bond motifs is 1. The molecule has 0 spiro atoms. The normalized spacial score (nSPS) is 16.9.